The molecule has 1 atom stereocenters. The van der Waals surface area contributed by atoms with Gasteiger partial charge in [-0.15, -0.1) is 0 Å². The Bertz CT molecular complexity index is 418. The zero-order valence-corrected chi connectivity index (χ0v) is 12.2. The Morgan fingerprint density at radius 2 is 2.11 bits per heavy atom. The van der Waals surface area contributed by atoms with Crippen molar-refractivity contribution < 1.29 is 14.3 Å². The molecule has 4 nitrogen and oxygen atoms in total. The zero-order chi connectivity index (χ0) is 14.3. The topological polar surface area (TPSA) is 47.6 Å². The van der Waals surface area contributed by atoms with Gasteiger partial charge in [0, 0.05) is 13.7 Å². The Morgan fingerprint density at radius 3 is 2.74 bits per heavy atom. The molecule has 4 heteroatoms. The SMILES string of the molecule is CC[C@H](Oc1cccc(C)c1C)C(=O)NCCOC. The van der Waals surface area contributed by atoms with E-state index in [4.69, 9.17) is 9.47 Å². The Labute approximate surface area is 115 Å². The van der Waals surface area contributed by atoms with Crippen molar-refractivity contribution in [2.24, 2.45) is 0 Å². The Hall–Kier alpha value is -1.55. The van der Waals surface area contributed by atoms with E-state index >= 15 is 0 Å². The minimum Gasteiger partial charge on any atom is -0.480 e. The van der Waals surface area contributed by atoms with Gasteiger partial charge in [0.25, 0.3) is 5.91 Å². The highest BCUT2D eigenvalue weighted by Gasteiger charge is 2.18. The monoisotopic (exact) mass is 265 g/mol. The van der Waals surface area contributed by atoms with E-state index in [1.54, 1.807) is 7.11 Å². The molecule has 0 aliphatic heterocycles. The molecule has 0 aromatic heterocycles. The number of rotatable bonds is 7. The number of carbonyl (C=O) groups excluding carboxylic acids is 1. The lowest BCUT2D eigenvalue weighted by atomic mass is 10.1. The average molecular weight is 265 g/mol. The highest BCUT2D eigenvalue weighted by Crippen LogP contribution is 2.22. The van der Waals surface area contributed by atoms with E-state index < -0.39 is 6.10 Å². The number of nitrogens with one attached hydrogen (secondary N) is 1. The first-order valence-electron chi connectivity index (χ1n) is 6.59. The molecule has 1 N–H and O–H groups in total. The molecule has 106 valence electrons. The lowest BCUT2D eigenvalue weighted by molar-refractivity contribution is -0.128. The second-order valence-electron chi connectivity index (χ2n) is 4.50. The number of aryl methyl sites for hydroxylation is 1. The molecular weight excluding hydrogens is 242 g/mol. The second-order valence-corrected chi connectivity index (χ2v) is 4.50. The summed E-state index contributed by atoms with van der Waals surface area (Å²) in [7, 11) is 1.61. The van der Waals surface area contributed by atoms with E-state index in [1.165, 1.54) is 0 Å². The number of methoxy groups -OCH3 is 1. The molecule has 1 rings (SSSR count). The molecule has 0 aliphatic rings. The van der Waals surface area contributed by atoms with Gasteiger partial charge in [-0.3, -0.25) is 4.79 Å². The quantitative estimate of drug-likeness (QED) is 0.769. The van der Waals surface area contributed by atoms with Crippen molar-refractivity contribution in [3.63, 3.8) is 0 Å². The molecule has 0 unspecified atom stereocenters. The Balaban J connectivity index is 2.65. The molecule has 19 heavy (non-hydrogen) atoms. The molecule has 1 aromatic rings. The summed E-state index contributed by atoms with van der Waals surface area (Å²) in [5.41, 5.74) is 2.23. The number of hydrogen-bond donors (Lipinski definition) is 1. The van der Waals surface area contributed by atoms with E-state index in [1.807, 2.05) is 39.0 Å². The predicted molar refractivity (Wildman–Crippen MR) is 75.5 cm³/mol. The second kappa shape index (κ2) is 7.79. The average Bonchev–Trinajstić information content (AvgIpc) is 2.40. The third kappa shape index (κ3) is 4.56. The van der Waals surface area contributed by atoms with E-state index in [0.717, 1.165) is 16.9 Å². The van der Waals surface area contributed by atoms with Crippen molar-refractivity contribution in [3.05, 3.63) is 29.3 Å². The zero-order valence-electron chi connectivity index (χ0n) is 12.2. The summed E-state index contributed by atoms with van der Waals surface area (Å²) in [5, 5.41) is 2.80. The fourth-order valence-corrected chi connectivity index (χ4v) is 1.72. The summed E-state index contributed by atoms with van der Waals surface area (Å²) in [5.74, 6) is 0.675. The number of hydrogen-bond acceptors (Lipinski definition) is 3. The number of amides is 1. The van der Waals surface area contributed by atoms with Crippen molar-refractivity contribution >= 4 is 5.91 Å². The molecule has 0 bridgehead atoms. The van der Waals surface area contributed by atoms with Crippen LogP contribution < -0.4 is 10.1 Å². The molecule has 0 saturated carbocycles. The van der Waals surface area contributed by atoms with Crippen molar-refractivity contribution in [3.8, 4) is 5.75 Å². The fourth-order valence-electron chi connectivity index (χ4n) is 1.72. The van der Waals surface area contributed by atoms with Crippen LogP contribution in [0.2, 0.25) is 0 Å². The summed E-state index contributed by atoms with van der Waals surface area (Å²) in [6, 6.07) is 5.86. The number of benzene rings is 1. The Kier molecular flexibility index (Phi) is 6.36. The lowest BCUT2D eigenvalue weighted by Gasteiger charge is -2.19. The van der Waals surface area contributed by atoms with E-state index in [0.29, 0.717) is 19.6 Å². The molecule has 1 aromatic carbocycles. The highest BCUT2D eigenvalue weighted by atomic mass is 16.5. The van der Waals surface area contributed by atoms with Gasteiger partial charge in [-0.2, -0.15) is 0 Å². The van der Waals surface area contributed by atoms with E-state index in [-0.39, 0.29) is 5.91 Å². The summed E-state index contributed by atoms with van der Waals surface area (Å²) in [6.07, 6.45) is 0.170. The number of ether oxygens (including phenoxy) is 2. The van der Waals surface area contributed by atoms with Crippen LogP contribution in [0.15, 0.2) is 18.2 Å². The maximum atomic E-state index is 12.0. The maximum absolute atomic E-state index is 12.0. The van der Waals surface area contributed by atoms with Gasteiger partial charge in [-0.25, -0.2) is 0 Å². The van der Waals surface area contributed by atoms with Gasteiger partial charge >= 0.3 is 0 Å². The smallest absolute Gasteiger partial charge is 0.261 e. The summed E-state index contributed by atoms with van der Waals surface area (Å²) in [6.45, 7) is 6.97. The van der Waals surface area contributed by atoms with Crippen LogP contribution in [0.1, 0.15) is 24.5 Å². The fraction of sp³-hybridized carbons (Fsp3) is 0.533. The summed E-state index contributed by atoms with van der Waals surface area (Å²) >= 11 is 0. The summed E-state index contributed by atoms with van der Waals surface area (Å²) < 4.78 is 10.7. The standard InChI is InChI=1S/C15H23NO3/c1-5-13(15(17)16-9-10-18-4)19-14-8-6-7-11(2)12(14)3/h6-8,13H,5,9-10H2,1-4H3,(H,16,17)/t13-/m0/s1. The van der Waals surface area contributed by atoms with Gasteiger partial charge in [0.05, 0.1) is 6.61 Å². The maximum Gasteiger partial charge on any atom is 0.261 e. The van der Waals surface area contributed by atoms with Crippen LogP contribution in [0.25, 0.3) is 0 Å². The first-order valence-corrected chi connectivity index (χ1v) is 6.59. The van der Waals surface area contributed by atoms with Crippen molar-refractivity contribution in [1.82, 2.24) is 5.32 Å². The highest BCUT2D eigenvalue weighted by molar-refractivity contribution is 5.81. The van der Waals surface area contributed by atoms with Crippen molar-refractivity contribution in [1.29, 1.82) is 0 Å². The first kappa shape index (κ1) is 15.5. The van der Waals surface area contributed by atoms with Crippen molar-refractivity contribution in [2.75, 3.05) is 20.3 Å². The molecule has 0 fully saturated rings. The van der Waals surface area contributed by atoms with Gasteiger partial charge in [0.1, 0.15) is 5.75 Å². The van der Waals surface area contributed by atoms with Gasteiger partial charge < -0.3 is 14.8 Å². The van der Waals surface area contributed by atoms with E-state index in [9.17, 15) is 4.79 Å². The Morgan fingerprint density at radius 1 is 1.37 bits per heavy atom. The molecule has 0 saturated heterocycles. The van der Waals surface area contributed by atoms with Gasteiger partial charge in [0.2, 0.25) is 0 Å². The summed E-state index contributed by atoms with van der Waals surface area (Å²) in [4.78, 5) is 12.0. The van der Waals surface area contributed by atoms with Crippen LogP contribution in [0, 0.1) is 13.8 Å². The molecular formula is C15H23NO3. The molecule has 0 aliphatic carbocycles. The predicted octanol–water partition coefficient (Wildman–Crippen LogP) is 2.22. The minimum absolute atomic E-state index is 0.0968. The molecule has 0 heterocycles. The van der Waals surface area contributed by atoms with Crippen molar-refractivity contribution in [2.45, 2.75) is 33.3 Å². The molecule has 1 amide bonds. The third-order valence-electron chi connectivity index (χ3n) is 3.09. The first-order chi connectivity index (χ1) is 9.10. The van der Waals surface area contributed by atoms with Crippen LogP contribution in [0.5, 0.6) is 5.75 Å². The van der Waals surface area contributed by atoms with Gasteiger partial charge in [0.15, 0.2) is 6.10 Å². The normalized spacial score (nSPS) is 12.0. The largest absolute Gasteiger partial charge is 0.480 e. The van der Waals surface area contributed by atoms with E-state index in [2.05, 4.69) is 5.32 Å². The van der Waals surface area contributed by atoms with Crippen LogP contribution in [-0.4, -0.2) is 32.3 Å². The van der Waals surface area contributed by atoms with Crippen LogP contribution in [0.3, 0.4) is 0 Å². The van der Waals surface area contributed by atoms with Gasteiger partial charge in [-0.05, 0) is 37.5 Å². The minimum atomic E-state index is -0.461. The van der Waals surface area contributed by atoms with Crippen LogP contribution >= 0.6 is 0 Å². The third-order valence-corrected chi connectivity index (χ3v) is 3.09. The molecule has 0 spiro atoms. The number of carbonyl (C=O) groups is 1. The lowest BCUT2D eigenvalue weighted by Crippen LogP contribution is -2.39. The molecule has 0 radical (unpaired) electrons. The van der Waals surface area contributed by atoms with Crippen LogP contribution in [0.4, 0.5) is 0 Å². The van der Waals surface area contributed by atoms with Gasteiger partial charge in [-0.1, -0.05) is 19.1 Å². The van der Waals surface area contributed by atoms with Crippen LogP contribution in [-0.2, 0) is 9.53 Å².